The number of carbonyl (C=O) groups excluding carboxylic acids is 2. The minimum Gasteiger partial charge on any atom is -0.423 e. The fourth-order valence-corrected chi connectivity index (χ4v) is 2.85. The summed E-state index contributed by atoms with van der Waals surface area (Å²) in [5.41, 5.74) is 1.72. The van der Waals surface area contributed by atoms with Crippen LogP contribution in [0.2, 0.25) is 5.02 Å². The van der Waals surface area contributed by atoms with Crippen LogP contribution in [0.4, 0.5) is 4.39 Å². The van der Waals surface area contributed by atoms with Gasteiger partial charge in [0.05, 0.1) is 16.1 Å². The lowest BCUT2D eigenvalue weighted by Gasteiger charge is -2.09. The van der Waals surface area contributed by atoms with Gasteiger partial charge < -0.3 is 9.47 Å². The van der Waals surface area contributed by atoms with Gasteiger partial charge in [0, 0.05) is 0 Å². The molecule has 0 heterocycles. The maximum Gasteiger partial charge on any atom is 0.343 e. The zero-order valence-electron chi connectivity index (χ0n) is 15.7. The normalized spacial score (nSPS) is 10.4. The van der Waals surface area contributed by atoms with E-state index >= 15 is 0 Å². The molecular formula is C23H18ClFO4. The molecule has 4 nitrogen and oxygen atoms in total. The van der Waals surface area contributed by atoms with E-state index in [9.17, 15) is 14.0 Å². The molecule has 148 valence electrons. The molecule has 3 aromatic rings. The molecule has 0 saturated heterocycles. The van der Waals surface area contributed by atoms with Crippen LogP contribution in [-0.4, -0.2) is 11.9 Å². The molecule has 0 aliphatic carbocycles. The number of carbonyl (C=O) groups is 2. The van der Waals surface area contributed by atoms with Crippen molar-refractivity contribution in [2.45, 2.75) is 19.8 Å². The topological polar surface area (TPSA) is 52.6 Å². The van der Waals surface area contributed by atoms with Gasteiger partial charge in [-0.1, -0.05) is 37.1 Å². The summed E-state index contributed by atoms with van der Waals surface area (Å²) in [4.78, 5) is 24.5. The fourth-order valence-electron chi connectivity index (χ4n) is 2.63. The van der Waals surface area contributed by atoms with Crippen LogP contribution in [0.25, 0.3) is 0 Å². The van der Waals surface area contributed by atoms with E-state index in [0.717, 1.165) is 18.4 Å². The van der Waals surface area contributed by atoms with Crippen LogP contribution in [0.15, 0.2) is 66.7 Å². The summed E-state index contributed by atoms with van der Waals surface area (Å²) < 4.78 is 23.4. The van der Waals surface area contributed by atoms with Crippen molar-refractivity contribution < 1.29 is 23.5 Å². The number of hydrogen-bond acceptors (Lipinski definition) is 4. The number of hydrogen-bond donors (Lipinski definition) is 0. The van der Waals surface area contributed by atoms with E-state index in [-0.39, 0.29) is 22.1 Å². The highest BCUT2D eigenvalue weighted by Crippen LogP contribution is 2.27. The van der Waals surface area contributed by atoms with Crippen molar-refractivity contribution in [3.63, 3.8) is 0 Å². The Balaban J connectivity index is 1.67. The molecule has 0 unspecified atom stereocenters. The van der Waals surface area contributed by atoms with Gasteiger partial charge in [-0.15, -0.1) is 0 Å². The van der Waals surface area contributed by atoms with Crippen molar-refractivity contribution in [3.8, 4) is 11.5 Å². The van der Waals surface area contributed by atoms with Crippen molar-refractivity contribution >= 4 is 23.5 Å². The van der Waals surface area contributed by atoms with E-state index in [2.05, 4.69) is 6.92 Å². The number of halogens is 2. The van der Waals surface area contributed by atoms with Gasteiger partial charge in [-0.2, -0.15) is 0 Å². The molecule has 0 spiro atoms. The number of esters is 2. The third-order valence-electron chi connectivity index (χ3n) is 4.12. The zero-order valence-corrected chi connectivity index (χ0v) is 16.4. The number of ether oxygens (including phenoxy) is 2. The van der Waals surface area contributed by atoms with Gasteiger partial charge in [0.1, 0.15) is 17.3 Å². The molecule has 0 bridgehead atoms. The molecule has 0 aliphatic rings. The molecule has 6 heteroatoms. The highest BCUT2D eigenvalue weighted by Gasteiger charge is 2.15. The monoisotopic (exact) mass is 412 g/mol. The Kier molecular flexibility index (Phi) is 6.62. The molecule has 29 heavy (non-hydrogen) atoms. The third-order valence-corrected chi connectivity index (χ3v) is 4.42. The number of benzene rings is 3. The van der Waals surface area contributed by atoms with Gasteiger partial charge in [0.25, 0.3) is 0 Å². The average Bonchev–Trinajstić information content (AvgIpc) is 2.72. The molecule has 0 radical (unpaired) electrons. The summed E-state index contributed by atoms with van der Waals surface area (Å²) in [7, 11) is 0. The lowest BCUT2D eigenvalue weighted by molar-refractivity contribution is 0.0730. The lowest BCUT2D eigenvalue weighted by atomic mass is 10.1. The summed E-state index contributed by atoms with van der Waals surface area (Å²) in [6.45, 7) is 2.09. The molecule has 3 rings (SSSR count). The van der Waals surface area contributed by atoms with Crippen LogP contribution >= 0.6 is 11.6 Å². The molecule has 0 atom stereocenters. The largest absolute Gasteiger partial charge is 0.423 e. The van der Waals surface area contributed by atoms with Crippen LogP contribution in [0.5, 0.6) is 11.5 Å². The van der Waals surface area contributed by atoms with Gasteiger partial charge in [0.15, 0.2) is 0 Å². The smallest absolute Gasteiger partial charge is 0.343 e. The minimum atomic E-state index is -0.664. The van der Waals surface area contributed by atoms with E-state index < -0.39 is 17.8 Å². The molecule has 0 amide bonds. The molecule has 0 N–H and O–H groups in total. The van der Waals surface area contributed by atoms with Crippen LogP contribution in [-0.2, 0) is 6.42 Å². The second-order valence-electron chi connectivity index (χ2n) is 6.33. The Morgan fingerprint density at radius 2 is 1.48 bits per heavy atom. The van der Waals surface area contributed by atoms with E-state index in [4.69, 9.17) is 21.1 Å². The Morgan fingerprint density at radius 3 is 2.10 bits per heavy atom. The predicted octanol–water partition coefficient (Wildman–Crippen LogP) is 5.87. The maximum absolute atomic E-state index is 12.9. The van der Waals surface area contributed by atoms with E-state index in [1.807, 2.05) is 12.1 Å². The first-order chi connectivity index (χ1) is 14.0. The Labute approximate surface area is 172 Å². The Morgan fingerprint density at radius 1 is 0.862 bits per heavy atom. The summed E-state index contributed by atoms with van der Waals surface area (Å²) in [5, 5.41) is 0.0921. The van der Waals surface area contributed by atoms with Crippen LogP contribution < -0.4 is 9.47 Å². The standard InChI is InChI=1S/C23H18ClFO4/c1-2-3-15-4-6-16(7-5-15)22(26)29-21-13-8-17(14-20(21)24)23(27)28-19-11-9-18(25)10-12-19/h4-14H,2-3H2,1H3. The molecule has 0 saturated carbocycles. The first-order valence-corrected chi connectivity index (χ1v) is 9.42. The summed E-state index contributed by atoms with van der Waals surface area (Å²) in [6.07, 6.45) is 1.96. The molecule has 0 fully saturated rings. The minimum absolute atomic E-state index is 0.0921. The predicted molar refractivity (Wildman–Crippen MR) is 108 cm³/mol. The second kappa shape index (κ2) is 9.34. The first-order valence-electron chi connectivity index (χ1n) is 9.04. The molecule has 0 aliphatic heterocycles. The Hall–Kier alpha value is -3.18. The summed E-state index contributed by atoms with van der Waals surface area (Å²) >= 11 is 6.16. The van der Waals surface area contributed by atoms with Gasteiger partial charge in [-0.25, -0.2) is 14.0 Å². The number of rotatable bonds is 6. The third kappa shape index (κ3) is 5.42. The second-order valence-corrected chi connectivity index (χ2v) is 6.73. The SMILES string of the molecule is CCCc1ccc(C(=O)Oc2ccc(C(=O)Oc3ccc(F)cc3)cc2Cl)cc1. The Bertz CT molecular complexity index is 1010. The van der Waals surface area contributed by atoms with Crippen molar-refractivity contribution in [3.05, 3.63) is 94.3 Å². The fraction of sp³-hybridized carbons (Fsp3) is 0.130. The van der Waals surface area contributed by atoms with Gasteiger partial charge in [-0.3, -0.25) is 0 Å². The average molecular weight is 413 g/mol. The summed E-state index contributed by atoms with van der Waals surface area (Å²) in [6, 6.07) is 16.4. The van der Waals surface area contributed by atoms with E-state index in [1.165, 1.54) is 42.5 Å². The van der Waals surface area contributed by atoms with Crippen LogP contribution in [0, 0.1) is 5.82 Å². The van der Waals surface area contributed by atoms with Gasteiger partial charge in [0.2, 0.25) is 0 Å². The molecular weight excluding hydrogens is 395 g/mol. The number of aryl methyl sites for hydroxylation is 1. The van der Waals surface area contributed by atoms with E-state index in [0.29, 0.717) is 5.56 Å². The molecule has 3 aromatic carbocycles. The van der Waals surface area contributed by atoms with Crippen molar-refractivity contribution in [1.82, 2.24) is 0 Å². The van der Waals surface area contributed by atoms with Gasteiger partial charge in [-0.05, 0) is 66.6 Å². The van der Waals surface area contributed by atoms with Gasteiger partial charge >= 0.3 is 11.9 Å². The maximum atomic E-state index is 12.9. The van der Waals surface area contributed by atoms with E-state index in [1.54, 1.807) is 12.1 Å². The zero-order chi connectivity index (χ0) is 20.8. The van der Waals surface area contributed by atoms with Crippen molar-refractivity contribution in [2.75, 3.05) is 0 Å². The summed E-state index contributed by atoms with van der Waals surface area (Å²) in [5.74, 6) is -1.30. The quantitative estimate of drug-likeness (QED) is 0.375. The van der Waals surface area contributed by atoms with Crippen molar-refractivity contribution in [2.24, 2.45) is 0 Å². The van der Waals surface area contributed by atoms with Crippen LogP contribution in [0.3, 0.4) is 0 Å². The first kappa shape index (κ1) is 20.6. The molecule has 0 aromatic heterocycles. The lowest BCUT2D eigenvalue weighted by Crippen LogP contribution is -2.11. The van der Waals surface area contributed by atoms with Crippen molar-refractivity contribution in [1.29, 1.82) is 0 Å². The highest BCUT2D eigenvalue weighted by molar-refractivity contribution is 6.32. The van der Waals surface area contributed by atoms with Crippen LogP contribution in [0.1, 0.15) is 39.6 Å². The highest BCUT2D eigenvalue weighted by atomic mass is 35.5.